The normalized spacial score (nSPS) is 13.7. The lowest BCUT2D eigenvalue weighted by molar-refractivity contribution is -0.113. The molecule has 1 aliphatic carbocycles. The average molecular weight is 458 g/mol. The number of carbonyl (C=O) groups is 1. The standard InChI is InChI=1S/C21H23N5OS3/c1-13(2)26-19(17-9-6-10-28-17)24-25-21(26)29-12-18(27)23-20-15(11-22)14-7-4-3-5-8-16(14)30-20/h6,9-10,13H,3-5,7-8,12H2,1-2H3,(H,23,27). The van der Waals surface area contributed by atoms with Gasteiger partial charge in [-0.25, -0.2) is 0 Å². The summed E-state index contributed by atoms with van der Waals surface area (Å²) in [5.74, 6) is 0.934. The van der Waals surface area contributed by atoms with Gasteiger partial charge in [-0.15, -0.1) is 32.9 Å². The van der Waals surface area contributed by atoms with Crippen molar-refractivity contribution < 1.29 is 4.79 Å². The van der Waals surface area contributed by atoms with E-state index in [1.165, 1.54) is 23.1 Å². The maximum absolute atomic E-state index is 12.7. The summed E-state index contributed by atoms with van der Waals surface area (Å²) in [7, 11) is 0. The smallest absolute Gasteiger partial charge is 0.235 e. The van der Waals surface area contributed by atoms with Gasteiger partial charge in [0.05, 0.1) is 16.2 Å². The summed E-state index contributed by atoms with van der Waals surface area (Å²) >= 11 is 4.57. The lowest BCUT2D eigenvalue weighted by atomic mass is 10.1. The van der Waals surface area contributed by atoms with Crippen LogP contribution in [0.1, 0.15) is 55.2 Å². The molecule has 0 bridgehead atoms. The predicted octanol–water partition coefficient (Wildman–Crippen LogP) is 5.52. The zero-order chi connectivity index (χ0) is 21.1. The lowest BCUT2D eigenvalue weighted by Crippen LogP contribution is -2.15. The Hall–Kier alpha value is -2.15. The molecule has 4 rings (SSSR count). The van der Waals surface area contributed by atoms with Crippen LogP contribution in [0, 0.1) is 11.3 Å². The minimum Gasteiger partial charge on any atom is -0.316 e. The molecule has 0 saturated heterocycles. The van der Waals surface area contributed by atoms with E-state index in [9.17, 15) is 10.1 Å². The van der Waals surface area contributed by atoms with Crippen molar-refractivity contribution in [1.29, 1.82) is 5.26 Å². The first-order valence-electron chi connectivity index (χ1n) is 10.0. The molecular formula is C21H23N5OS3. The Bertz CT molecular complexity index is 1080. The minimum absolute atomic E-state index is 0.121. The molecule has 6 nitrogen and oxygen atoms in total. The van der Waals surface area contributed by atoms with Crippen molar-refractivity contribution in [3.05, 3.63) is 33.5 Å². The highest BCUT2D eigenvalue weighted by Gasteiger charge is 2.22. The Balaban J connectivity index is 1.47. The van der Waals surface area contributed by atoms with E-state index in [0.717, 1.165) is 47.1 Å². The number of hydrogen-bond acceptors (Lipinski definition) is 7. The highest BCUT2D eigenvalue weighted by Crippen LogP contribution is 2.37. The molecule has 0 radical (unpaired) electrons. The van der Waals surface area contributed by atoms with E-state index >= 15 is 0 Å². The van der Waals surface area contributed by atoms with Crippen LogP contribution in [0.5, 0.6) is 0 Å². The van der Waals surface area contributed by atoms with Crippen LogP contribution in [-0.2, 0) is 17.6 Å². The van der Waals surface area contributed by atoms with E-state index in [2.05, 4.69) is 40.0 Å². The third-order valence-corrected chi connectivity index (χ3v) is 8.06. The zero-order valence-electron chi connectivity index (χ0n) is 17.0. The van der Waals surface area contributed by atoms with Crippen LogP contribution >= 0.6 is 34.4 Å². The summed E-state index contributed by atoms with van der Waals surface area (Å²) in [6, 6.07) is 6.52. The van der Waals surface area contributed by atoms with Crippen LogP contribution in [0.3, 0.4) is 0 Å². The molecule has 1 aliphatic rings. The first kappa shape index (κ1) is 21.1. The fourth-order valence-corrected chi connectivity index (χ4v) is 6.49. The molecule has 0 fully saturated rings. The highest BCUT2D eigenvalue weighted by atomic mass is 32.2. The SMILES string of the molecule is CC(C)n1c(SCC(=O)Nc2sc3c(c2C#N)CCCCC3)nnc1-c1cccs1. The number of aromatic nitrogens is 3. The third-order valence-electron chi connectivity index (χ3n) is 5.04. The highest BCUT2D eigenvalue weighted by molar-refractivity contribution is 7.99. The molecule has 0 aliphatic heterocycles. The molecule has 0 atom stereocenters. The molecule has 1 N–H and O–H groups in total. The molecule has 3 aromatic heterocycles. The van der Waals surface area contributed by atoms with E-state index in [-0.39, 0.29) is 17.7 Å². The fourth-order valence-electron chi connectivity index (χ4n) is 3.66. The van der Waals surface area contributed by atoms with Gasteiger partial charge < -0.3 is 5.32 Å². The zero-order valence-corrected chi connectivity index (χ0v) is 19.4. The number of carbonyl (C=O) groups excluding carboxylic acids is 1. The monoisotopic (exact) mass is 457 g/mol. The number of nitrogens with zero attached hydrogens (tertiary/aromatic N) is 4. The van der Waals surface area contributed by atoms with Crippen molar-refractivity contribution in [3.8, 4) is 16.8 Å². The summed E-state index contributed by atoms with van der Waals surface area (Å²) in [6.45, 7) is 4.17. The molecule has 9 heteroatoms. The molecule has 1 amide bonds. The number of thiophene rings is 2. The maximum atomic E-state index is 12.7. The summed E-state index contributed by atoms with van der Waals surface area (Å²) < 4.78 is 2.07. The van der Waals surface area contributed by atoms with Gasteiger partial charge in [0.1, 0.15) is 11.1 Å². The Morgan fingerprint density at radius 2 is 2.17 bits per heavy atom. The molecule has 0 unspecified atom stereocenters. The fraction of sp³-hybridized carbons (Fsp3) is 0.429. The second-order valence-electron chi connectivity index (χ2n) is 7.46. The number of rotatable bonds is 6. The van der Waals surface area contributed by atoms with Gasteiger partial charge in [0.2, 0.25) is 5.91 Å². The largest absolute Gasteiger partial charge is 0.316 e. The van der Waals surface area contributed by atoms with Crippen LogP contribution in [0.4, 0.5) is 5.00 Å². The summed E-state index contributed by atoms with van der Waals surface area (Å²) in [5.41, 5.74) is 1.80. The van der Waals surface area contributed by atoms with E-state index in [1.807, 2.05) is 17.5 Å². The number of amides is 1. The van der Waals surface area contributed by atoms with Crippen molar-refractivity contribution in [2.75, 3.05) is 11.1 Å². The predicted molar refractivity (Wildman–Crippen MR) is 123 cm³/mol. The van der Waals surface area contributed by atoms with Gasteiger partial charge >= 0.3 is 0 Å². The Kier molecular flexibility index (Phi) is 6.56. The topological polar surface area (TPSA) is 83.6 Å². The van der Waals surface area contributed by atoms with E-state index in [1.54, 1.807) is 22.7 Å². The molecule has 30 heavy (non-hydrogen) atoms. The van der Waals surface area contributed by atoms with Gasteiger partial charge in [0.15, 0.2) is 11.0 Å². The van der Waals surface area contributed by atoms with Crippen LogP contribution in [0.2, 0.25) is 0 Å². The Labute approximate surface area is 188 Å². The van der Waals surface area contributed by atoms with Crippen LogP contribution in [-0.4, -0.2) is 26.4 Å². The Morgan fingerprint density at radius 1 is 1.33 bits per heavy atom. The summed E-state index contributed by atoms with van der Waals surface area (Å²) in [5, 5.41) is 24.7. The summed E-state index contributed by atoms with van der Waals surface area (Å²) in [6.07, 6.45) is 5.40. The number of aryl methyl sites for hydroxylation is 1. The number of nitriles is 1. The Morgan fingerprint density at radius 3 is 2.90 bits per heavy atom. The van der Waals surface area contributed by atoms with Gasteiger partial charge in [-0.2, -0.15) is 5.26 Å². The third kappa shape index (κ3) is 4.31. The first-order chi connectivity index (χ1) is 14.6. The van der Waals surface area contributed by atoms with Gasteiger partial charge in [0.25, 0.3) is 0 Å². The van der Waals surface area contributed by atoms with E-state index in [4.69, 9.17) is 0 Å². The second-order valence-corrected chi connectivity index (χ2v) is 10.5. The number of hydrogen-bond donors (Lipinski definition) is 1. The van der Waals surface area contributed by atoms with Crippen molar-refractivity contribution in [1.82, 2.24) is 14.8 Å². The van der Waals surface area contributed by atoms with Crippen molar-refractivity contribution in [3.63, 3.8) is 0 Å². The van der Waals surface area contributed by atoms with Crippen molar-refractivity contribution >= 4 is 45.3 Å². The quantitative estimate of drug-likeness (QED) is 0.389. The molecule has 156 valence electrons. The lowest BCUT2D eigenvalue weighted by Gasteiger charge is -2.12. The molecular weight excluding hydrogens is 434 g/mol. The first-order valence-corrected chi connectivity index (χ1v) is 12.7. The van der Waals surface area contributed by atoms with E-state index in [0.29, 0.717) is 10.6 Å². The van der Waals surface area contributed by atoms with Gasteiger partial charge in [-0.3, -0.25) is 9.36 Å². The van der Waals surface area contributed by atoms with Gasteiger partial charge in [-0.1, -0.05) is 24.2 Å². The number of fused-ring (bicyclic) bond motifs is 1. The number of thioether (sulfide) groups is 1. The molecule has 3 aromatic rings. The molecule has 0 aromatic carbocycles. The van der Waals surface area contributed by atoms with Crippen LogP contribution < -0.4 is 5.32 Å². The molecule has 0 spiro atoms. The number of nitrogens with one attached hydrogen (secondary N) is 1. The summed E-state index contributed by atoms with van der Waals surface area (Å²) in [4.78, 5) is 15.0. The van der Waals surface area contributed by atoms with Gasteiger partial charge in [-0.05, 0) is 56.5 Å². The second kappa shape index (κ2) is 9.33. The minimum atomic E-state index is -0.121. The molecule has 3 heterocycles. The van der Waals surface area contributed by atoms with E-state index < -0.39 is 0 Å². The molecule has 0 saturated carbocycles. The average Bonchev–Trinajstić information content (AvgIpc) is 3.42. The van der Waals surface area contributed by atoms with Gasteiger partial charge in [0, 0.05) is 10.9 Å². The maximum Gasteiger partial charge on any atom is 0.235 e. The van der Waals surface area contributed by atoms with Crippen LogP contribution in [0.25, 0.3) is 10.7 Å². The van der Waals surface area contributed by atoms with Crippen molar-refractivity contribution in [2.45, 2.75) is 57.1 Å². The number of anilines is 1. The van der Waals surface area contributed by atoms with Crippen molar-refractivity contribution in [2.24, 2.45) is 0 Å². The van der Waals surface area contributed by atoms with Crippen LogP contribution in [0.15, 0.2) is 22.7 Å².